The number of piperazine rings is 1. The zero-order valence-corrected chi connectivity index (χ0v) is 17.1. The number of sulfonamides is 1. The second-order valence-electron chi connectivity index (χ2n) is 6.11. The van der Waals surface area contributed by atoms with Gasteiger partial charge in [-0.3, -0.25) is 9.36 Å². The Kier molecular flexibility index (Phi) is 6.54. The Morgan fingerprint density at radius 1 is 1.19 bits per heavy atom. The van der Waals surface area contributed by atoms with E-state index in [9.17, 15) is 18.0 Å². The van der Waals surface area contributed by atoms with E-state index in [0.717, 1.165) is 15.3 Å². The van der Waals surface area contributed by atoms with Gasteiger partial charge in [-0.25, -0.2) is 13.2 Å². The van der Waals surface area contributed by atoms with Gasteiger partial charge in [0.2, 0.25) is 0 Å². The maximum absolute atomic E-state index is 13.2. The van der Waals surface area contributed by atoms with E-state index in [-0.39, 0.29) is 19.0 Å². The van der Waals surface area contributed by atoms with Crippen LogP contribution in [0, 0.1) is 0 Å². The first-order valence-corrected chi connectivity index (χ1v) is 9.80. The molecule has 2 heterocycles. The molecule has 3 rings (SSSR count). The zero-order valence-electron chi connectivity index (χ0n) is 14.8. The van der Waals surface area contributed by atoms with Gasteiger partial charge in [0.25, 0.3) is 15.6 Å². The zero-order chi connectivity index (χ0) is 19.1. The molecule has 0 radical (unpaired) electrons. The van der Waals surface area contributed by atoms with Gasteiger partial charge < -0.3 is 9.88 Å². The molecule has 0 aliphatic carbocycles. The maximum Gasteiger partial charge on any atom is 0.330 e. The van der Waals surface area contributed by atoms with E-state index in [1.165, 1.54) is 18.4 Å². The average Bonchev–Trinajstić information content (AvgIpc) is 2.63. The van der Waals surface area contributed by atoms with Crippen molar-refractivity contribution in [3.05, 3.63) is 61.9 Å². The van der Waals surface area contributed by atoms with Crippen molar-refractivity contribution in [2.45, 2.75) is 10.9 Å². The minimum Gasteiger partial charge on any atom is -0.313 e. The normalized spacial score (nSPS) is 18.1. The molecule has 1 aromatic heterocycles. The molecular formula is C16H20Cl2N4O4S. The van der Waals surface area contributed by atoms with Crippen LogP contribution < -0.4 is 16.6 Å². The summed E-state index contributed by atoms with van der Waals surface area (Å²) in [5.41, 5.74) is -0.770. The maximum atomic E-state index is 13.2. The second kappa shape index (κ2) is 8.15. The predicted octanol–water partition coefficient (Wildman–Crippen LogP) is 0.494. The van der Waals surface area contributed by atoms with Crippen molar-refractivity contribution in [3.8, 4) is 0 Å². The molecule has 0 saturated carbocycles. The first-order chi connectivity index (χ1) is 12.2. The quantitative estimate of drug-likeness (QED) is 0.758. The number of hydrogen-bond acceptors (Lipinski definition) is 5. The number of hydrogen-bond donors (Lipinski definition) is 1. The molecule has 1 fully saturated rings. The lowest BCUT2D eigenvalue weighted by Crippen LogP contribution is -2.50. The summed E-state index contributed by atoms with van der Waals surface area (Å²) in [6.45, 7) is 1.01. The highest BCUT2D eigenvalue weighted by molar-refractivity contribution is 7.89. The Bertz CT molecular complexity index is 1060. The molecule has 0 spiro atoms. The van der Waals surface area contributed by atoms with Gasteiger partial charge >= 0.3 is 5.69 Å². The average molecular weight is 435 g/mol. The van der Waals surface area contributed by atoms with Crippen LogP contribution in [0.25, 0.3) is 0 Å². The minimum absolute atomic E-state index is 0. The van der Waals surface area contributed by atoms with Gasteiger partial charge in [-0.1, -0.05) is 29.8 Å². The summed E-state index contributed by atoms with van der Waals surface area (Å²) >= 11 is 6.26. The number of nitrogens with zero attached hydrogens (tertiary/aromatic N) is 3. The van der Waals surface area contributed by atoms with E-state index >= 15 is 0 Å². The predicted molar refractivity (Wildman–Crippen MR) is 105 cm³/mol. The van der Waals surface area contributed by atoms with Crippen LogP contribution >= 0.6 is 24.0 Å². The van der Waals surface area contributed by atoms with Gasteiger partial charge in [0.05, 0.1) is 6.04 Å². The summed E-state index contributed by atoms with van der Waals surface area (Å²) in [4.78, 5) is 23.9. The molecule has 1 unspecified atom stereocenters. The number of benzene rings is 1. The lowest BCUT2D eigenvalue weighted by Gasteiger charge is -2.35. The second-order valence-corrected chi connectivity index (χ2v) is 8.37. The third-order valence-electron chi connectivity index (χ3n) is 4.46. The van der Waals surface area contributed by atoms with Crippen LogP contribution in [0.15, 0.2) is 44.9 Å². The Morgan fingerprint density at radius 2 is 1.85 bits per heavy atom. The van der Waals surface area contributed by atoms with Crippen molar-refractivity contribution in [2.75, 3.05) is 19.6 Å². The van der Waals surface area contributed by atoms with Crippen molar-refractivity contribution >= 4 is 34.0 Å². The van der Waals surface area contributed by atoms with Gasteiger partial charge in [-0.15, -0.1) is 12.4 Å². The van der Waals surface area contributed by atoms with Gasteiger partial charge in [0, 0.05) is 44.9 Å². The SMILES string of the molecule is Cl.Cn1cc(S(=O)(=O)N2CCNCC2c2ccccc2Cl)c(=O)n(C)c1=O. The van der Waals surface area contributed by atoms with Crippen LogP contribution in [0.3, 0.4) is 0 Å². The van der Waals surface area contributed by atoms with Crippen molar-refractivity contribution in [2.24, 2.45) is 14.1 Å². The summed E-state index contributed by atoms with van der Waals surface area (Å²) in [5, 5.41) is 3.61. The largest absolute Gasteiger partial charge is 0.330 e. The molecule has 1 saturated heterocycles. The molecule has 1 N–H and O–H groups in total. The van der Waals surface area contributed by atoms with E-state index in [4.69, 9.17) is 11.6 Å². The Morgan fingerprint density at radius 3 is 2.52 bits per heavy atom. The van der Waals surface area contributed by atoms with Gasteiger partial charge in [0.1, 0.15) is 0 Å². The molecule has 1 atom stereocenters. The molecule has 0 bridgehead atoms. The van der Waals surface area contributed by atoms with Gasteiger partial charge in [-0.05, 0) is 11.6 Å². The Balaban J connectivity index is 0.00000261. The van der Waals surface area contributed by atoms with Crippen LogP contribution in [-0.4, -0.2) is 41.5 Å². The van der Waals surface area contributed by atoms with Crippen LogP contribution in [0.1, 0.15) is 11.6 Å². The van der Waals surface area contributed by atoms with E-state index in [2.05, 4.69) is 5.32 Å². The molecule has 27 heavy (non-hydrogen) atoms. The van der Waals surface area contributed by atoms with Crippen molar-refractivity contribution < 1.29 is 8.42 Å². The lowest BCUT2D eigenvalue weighted by molar-refractivity contribution is 0.271. The van der Waals surface area contributed by atoms with Crippen LogP contribution in [0.5, 0.6) is 0 Å². The first kappa shape index (κ1) is 21.6. The van der Waals surface area contributed by atoms with Crippen molar-refractivity contribution in [3.63, 3.8) is 0 Å². The molecule has 11 heteroatoms. The number of aryl methyl sites for hydroxylation is 1. The van der Waals surface area contributed by atoms with Crippen LogP contribution in [-0.2, 0) is 24.1 Å². The molecule has 8 nitrogen and oxygen atoms in total. The van der Waals surface area contributed by atoms with Gasteiger partial charge in [0.15, 0.2) is 4.90 Å². The lowest BCUT2D eigenvalue weighted by atomic mass is 10.1. The highest BCUT2D eigenvalue weighted by Gasteiger charge is 2.37. The van der Waals surface area contributed by atoms with E-state index in [1.807, 2.05) is 0 Å². The molecule has 0 amide bonds. The molecule has 1 aliphatic rings. The summed E-state index contributed by atoms with van der Waals surface area (Å²) in [6.07, 6.45) is 1.08. The fourth-order valence-electron chi connectivity index (χ4n) is 3.06. The van der Waals surface area contributed by atoms with Crippen molar-refractivity contribution in [1.82, 2.24) is 18.8 Å². The topological polar surface area (TPSA) is 93.4 Å². The number of halogens is 2. The molecule has 1 aliphatic heterocycles. The number of nitrogens with one attached hydrogen (secondary N) is 1. The summed E-state index contributed by atoms with van der Waals surface area (Å²) in [6, 6.07) is 6.46. The molecule has 2 aromatic rings. The molecular weight excluding hydrogens is 415 g/mol. The Hall–Kier alpha value is -1.65. The van der Waals surface area contributed by atoms with Crippen LogP contribution in [0.4, 0.5) is 0 Å². The Labute approximate surface area is 167 Å². The number of rotatable bonds is 3. The van der Waals surface area contributed by atoms with Crippen LogP contribution in [0.2, 0.25) is 5.02 Å². The van der Waals surface area contributed by atoms with E-state index in [1.54, 1.807) is 24.3 Å². The monoisotopic (exact) mass is 434 g/mol. The third kappa shape index (κ3) is 3.83. The van der Waals surface area contributed by atoms with E-state index in [0.29, 0.717) is 23.7 Å². The summed E-state index contributed by atoms with van der Waals surface area (Å²) in [5.74, 6) is 0. The molecule has 148 valence electrons. The highest BCUT2D eigenvalue weighted by Crippen LogP contribution is 2.31. The minimum atomic E-state index is -4.13. The first-order valence-electron chi connectivity index (χ1n) is 7.99. The van der Waals surface area contributed by atoms with E-state index < -0.39 is 32.2 Å². The van der Waals surface area contributed by atoms with Crippen molar-refractivity contribution in [1.29, 1.82) is 0 Å². The summed E-state index contributed by atoms with van der Waals surface area (Å²) < 4.78 is 29.6. The van der Waals surface area contributed by atoms with Gasteiger partial charge in [-0.2, -0.15) is 4.31 Å². The number of aromatic nitrogens is 2. The third-order valence-corrected chi connectivity index (χ3v) is 6.69. The summed E-state index contributed by atoms with van der Waals surface area (Å²) in [7, 11) is -1.46. The molecule has 1 aromatic carbocycles. The standard InChI is InChI=1S/C16H19ClN4O4S.ClH/c1-19-10-14(15(22)20(2)16(19)23)26(24,25)21-8-7-18-9-13(21)11-5-3-4-6-12(11)17;/h3-6,10,13,18H,7-9H2,1-2H3;1H. The fraction of sp³-hybridized carbons (Fsp3) is 0.375. The highest BCUT2D eigenvalue weighted by atomic mass is 35.5. The smallest absolute Gasteiger partial charge is 0.313 e. The fourth-order valence-corrected chi connectivity index (χ4v) is 5.08.